The van der Waals surface area contributed by atoms with Gasteiger partial charge in [-0.25, -0.2) is 4.99 Å². The fourth-order valence-electron chi connectivity index (χ4n) is 2.54. The standard InChI is InChI=1S/C21H26F3N3O2/c1-2-25-20(26-13-12-19(28)17-6-4-3-5-7-17)27-14-16-8-10-18(11-9-16)29-15-21(22,23)24/h3-11,19,28H,2,12-15H2,1H3,(H2,25,26,27). The number of guanidine groups is 1. The average molecular weight is 409 g/mol. The van der Waals surface area contributed by atoms with E-state index < -0.39 is 18.9 Å². The molecule has 0 bridgehead atoms. The molecule has 0 saturated heterocycles. The number of benzene rings is 2. The predicted octanol–water partition coefficient (Wildman–Crippen LogP) is 3.81. The van der Waals surface area contributed by atoms with Crippen LogP contribution in [-0.4, -0.2) is 36.9 Å². The van der Waals surface area contributed by atoms with Crippen molar-refractivity contribution in [2.24, 2.45) is 4.99 Å². The van der Waals surface area contributed by atoms with E-state index in [1.165, 1.54) is 12.1 Å². The Morgan fingerprint density at radius 1 is 1.07 bits per heavy atom. The largest absolute Gasteiger partial charge is 0.484 e. The Kier molecular flexibility index (Phi) is 8.79. The van der Waals surface area contributed by atoms with Gasteiger partial charge in [-0.1, -0.05) is 42.5 Å². The Hall–Kier alpha value is -2.74. The molecule has 0 spiro atoms. The molecule has 158 valence electrons. The smallest absolute Gasteiger partial charge is 0.422 e. The number of nitrogens with one attached hydrogen (secondary N) is 2. The summed E-state index contributed by atoms with van der Waals surface area (Å²) in [7, 11) is 0. The van der Waals surface area contributed by atoms with Crippen molar-refractivity contribution in [3.63, 3.8) is 0 Å². The minimum Gasteiger partial charge on any atom is -0.484 e. The molecule has 29 heavy (non-hydrogen) atoms. The van der Waals surface area contributed by atoms with E-state index in [0.29, 0.717) is 32.0 Å². The molecule has 5 nitrogen and oxygen atoms in total. The third-order valence-corrected chi connectivity index (χ3v) is 3.98. The molecule has 2 rings (SSSR count). The maximum absolute atomic E-state index is 12.2. The first-order valence-corrected chi connectivity index (χ1v) is 9.41. The second-order valence-corrected chi connectivity index (χ2v) is 6.38. The maximum Gasteiger partial charge on any atom is 0.422 e. The molecule has 8 heteroatoms. The Balaban J connectivity index is 1.83. The van der Waals surface area contributed by atoms with Crippen LogP contribution < -0.4 is 15.4 Å². The summed E-state index contributed by atoms with van der Waals surface area (Å²) in [5.41, 5.74) is 1.70. The van der Waals surface area contributed by atoms with E-state index >= 15 is 0 Å². The van der Waals surface area contributed by atoms with Crippen molar-refractivity contribution in [1.82, 2.24) is 10.6 Å². The fourth-order valence-corrected chi connectivity index (χ4v) is 2.54. The van der Waals surface area contributed by atoms with Crippen molar-refractivity contribution < 1.29 is 23.0 Å². The van der Waals surface area contributed by atoms with Crippen molar-refractivity contribution in [2.75, 3.05) is 19.7 Å². The van der Waals surface area contributed by atoms with Crippen LogP contribution in [0.1, 0.15) is 30.6 Å². The van der Waals surface area contributed by atoms with Crippen LogP contribution >= 0.6 is 0 Å². The highest BCUT2D eigenvalue weighted by Crippen LogP contribution is 2.19. The SMILES string of the molecule is CCNC(=NCc1ccc(OCC(F)(F)F)cc1)NCCC(O)c1ccccc1. The second kappa shape index (κ2) is 11.3. The van der Waals surface area contributed by atoms with Gasteiger partial charge < -0.3 is 20.5 Å². The molecule has 2 aromatic carbocycles. The molecule has 0 aromatic heterocycles. The second-order valence-electron chi connectivity index (χ2n) is 6.38. The molecule has 0 aliphatic rings. The van der Waals surface area contributed by atoms with Crippen molar-refractivity contribution in [3.05, 3.63) is 65.7 Å². The number of aliphatic hydroxyl groups excluding tert-OH is 1. The van der Waals surface area contributed by atoms with Crippen LogP contribution in [0.2, 0.25) is 0 Å². The number of hydrogen-bond acceptors (Lipinski definition) is 3. The molecule has 0 aliphatic carbocycles. The van der Waals surface area contributed by atoms with Gasteiger partial charge in [0.2, 0.25) is 0 Å². The first-order valence-electron chi connectivity index (χ1n) is 9.41. The summed E-state index contributed by atoms with van der Waals surface area (Å²) in [6, 6.07) is 15.8. The van der Waals surface area contributed by atoms with E-state index in [-0.39, 0.29) is 5.75 Å². The maximum atomic E-state index is 12.2. The van der Waals surface area contributed by atoms with E-state index in [9.17, 15) is 18.3 Å². The molecule has 3 N–H and O–H groups in total. The topological polar surface area (TPSA) is 65.9 Å². The van der Waals surface area contributed by atoms with Gasteiger partial charge in [0.1, 0.15) is 5.75 Å². The number of halogens is 3. The van der Waals surface area contributed by atoms with Crippen LogP contribution in [0.25, 0.3) is 0 Å². The van der Waals surface area contributed by atoms with Crippen molar-refractivity contribution in [3.8, 4) is 5.75 Å². The Morgan fingerprint density at radius 2 is 1.76 bits per heavy atom. The number of aliphatic hydroxyl groups is 1. The molecule has 1 atom stereocenters. The van der Waals surface area contributed by atoms with E-state index in [1.807, 2.05) is 37.3 Å². The molecule has 0 heterocycles. The quantitative estimate of drug-likeness (QED) is 0.435. The first kappa shape index (κ1) is 22.5. The first-order chi connectivity index (χ1) is 13.9. The summed E-state index contributed by atoms with van der Waals surface area (Å²) in [4.78, 5) is 4.46. The van der Waals surface area contributed by atoms with Gasteiger partial charge in [0.15, 0.2) is 12.6 Å². The van der Waals surface area contributed by atoms with Crippen molar-refractivity contribution in [2.45, 2.75) is 32.2 Å². The van der Waals surface area contributed by atoms with Gasteiger partial charge in [-0.15, -0.1) is 0 Å². The molecule has 0 radical (unpaired) electrons. The molecule has 0 aliphatic heterocycles. The molecule has 0 amide bonds. The lowest BCUT2D eigenvalue weighted by Crippen LogP contribution is -2.38. The zero-order valence-corrected chi connectivity index (χ0v) is 16.2. The summed E-state index contributed by atoms with van der Waals surface area (Å²) in [5.74, 6) is 0.764. The van der Waals surface area contributed by atoms with Crippen LogP contribution in [0.4, 0.5) is 13.2 Å². The monoisotopic (exact) mass is 409 g/mol. The zero-order valence-electron chi connectivity index (χ0n) is 16.2. The highest BCUT2D eigenvalue weighted by molar-refractivity contribution is 5.79. The fraction of sp³-hybridized carbons (Fsp3) is 0.381. The number of aliphatic imine (C=N–C) groups is 1. The third-order valence-electron chi connectivity index (χ3n) is 3.98. The lowest BCUT2D eigenvalue weighted by atomic mass is 10.1. The number of alkyl halides is 3. The number of nitrogens with zero attached hydrogens (tertiary/aromatic N) is 1. The van der Waals surface area contributed by atoms with Gasteiger partial charge in [0, 0.05) is 13.1 Å². The van der Waals surface area contributed by atoms with E-state index in [1.54, 1.807) is 12.1 Å². The minimum atomic E-state index is -4.36. The van der Waals surface area contributed by atoms with Crippen molar-refractivity contribution in [1.29, 1.82) is 0 Å². The van der Waals surface area contributed by atoms with E-state index in [2.05, 4.69) is 15.6 Å². The summed E-state index contributed by atoms with van der Waals surface area (Å²) >= 11 is 0. The Bertz CT molecular complexity index is 750. The van der Waals surface area contributed by atoms with Crippen LogP contribution in [-0.2, 0) is 6.54 Å². The van der Waals surface area contributed by atoms with Gasteiger partial charge >= 0.3 is 6.18 Å². The summed E-state index contributed by atoms with van der Waals surface area (Å²) < 4.78 is 41.2. The molecule has 0 fully saturated rings. The van der Waals surface area contributed by atoms with Crippen molar-refractivity contribution >= 4 is 5.96 Å². The van der Waals surface area contributed by atoms with Gasteiger partial charge in [-0.05, 0) is 36.6 Å². The van der Waals surface area contributed by atoms with Gasteiger partial charge in [-0.2, -0.15) is 13.2 Å². The molecular formula is C21H26F3N3O2. The van der Waals surface area contributed by atoms with Crippen LogP contribution in [0.5, 0.6) is 5.75 Å². The molecule has 0 saturated carbocycles. The molecule has 2 aromatic rings. The summed E-state index contributed by atoms with van der Waals surface area (Å²) in [6.45, 7) is 2.20. The van der Waals surface area contributed by atoms with Crippen LogP contribution in [0.15, 0.2) is 59.6 Å². The third kappa shape index (κ3) is 8.87. The average Bonchev–Trinajstić information content (AvgIpc) is 2.71. The summed E-state index contributed by atoms with van der Waals surface area (Å²) in [5, 5.41) is 16.5. The lowest BCUT2D eigenvalue weighted by Gasteiger charge is -2.14. The Labute approximate surface area is 168 Å². The number of ether oxygens (including phenoxy) is 1. The summed E-state index contributed by atoms with van der Waals surface area (Å²) in [6.07, 6.45) is -4.39. The minimum absolute atomic E-state index is 0.162. The van der Waals surface area contributed by atoms with Crippen LogP contribution in [0.3, 0.4) is 0 Å². The normalized spacial score (nSPS) is 13.1. The number of hydrogen-bond donors (Lipinski definition) is 3. The van der Waals surface area contributed by atoms with E-state index in [0.717, 1.165) is 11.1 Å². The lowest BCUT2D eigenvalue weighted by molar-refractivity contribution is -0.153. The number of rotatable bonds is 9. The molecular weight excluding hydrogens is 383 g/mol. The highest BCUT2D eigenvalue weighted by atomic mass is 19.4. The molecule has 1 unspecified atom stereocenters. The highest BCUT2D eigenvalue weighted by Gasteiger charge is 2.28. The van der Waals surface area contributed by atoms with Gasteiger partial charge in [0.05, 0.1) is 12.6 Å². The predicted molar refractivity (Wildman–Crippen MR) is 107 cm³/mol. The van der Waals surface area contributed by atoms with Gasteiger partial charge in [0.25, 0.3) is 0 Å². The zero-order chi connectivity index (χ0) is 21.1. The van der Waals surface area contributed by atoms with E-state index in [4.69, 9.17) is 4.74 Å². The Morgan fingerprint density at radius 3 is 2.38 bits per heavy atom. The van der Waals surface area contributed by atoms with Crippen LogP contribution in [0, 0.1) is 0 Å². The van der Waals surface area contributed by atoms with Gasteiger partial charge in [-0.3, -0.25) is 0 Å².